The highest BCUT2D eigenvalue weighted by Gasteiger charge is 2.27. The molecule has 3 aromatic rings. The van der Waals surface area contributed by atoms with E-state index in [-0.39, 0.29) is 11.3 Å². The highest BCUT2D eigenvalue weighted by Crippen LogP contribution is 2.34. The van der Waals surface area contributed by atoms with E-state index in [0.29, 0.717) is 28.2 Å². The zero-order valence-electron chi connectivity index (χ0n) is 14.3. The van der Waals surface area contributed by atoms with Crippen LogP contribution in [0.5, 0.6) is 5.88 Å². The third-order valence-corrected chi connectivity index (χ3v) is 4.11. The predicted octanol–water partition coefficient (Wildman–Crippen LogP) is 3.30. The van der Waals surface area contributed by atoms with Gasteiger partial charge in [0.15, 0.2) is 0 Å². The SMILES string of the molecule is CCCNC(=O)n1c(O)c(C(=O)c2cnc(C)cn2)c2ccc(Cl)cc21. The lowest BCUT2D eigenvalue weighted by molar-refractivity contribution is 0.103. The number of carbonyl (C=O) groups is 2. The molecule has 0 aliphatic rings. The molecule has 0 spiro atoms. The molecule has 0 saturated heterocycles. The standard InChI is InChI=1S/C18H17ClN4O3/c1-3-6-20-18(26)23-14-7-11(19)4-5-12(14)15(17(23)25)16(24)13-9-21-10(2)8-22-13/h4-5,7-9,25H,3,6H2,1-2H3,(H,20,26). The summed E-state index contributed by atoms with van der Waals surface area (Å²) in [7, 11) is 0. The quantitative estimate of drug-likeness (QED) is 0.685. The summed E-state index contributed by atoms with van der Waals surface area (Å²) in [4.78, 5) is 33.5. The summed E-state index contributed by atoms with van der Waals surface area (Å²) in [5, 5.41) is 14.1. The second kappa shape index (κ2) is 7.13. The number of fused-ring (bicyclic) bond motifs is 1. The highest BCUT2D eigenvalue weighted by molar-refractivity contribution is 6.31. The number of aromatic hydroxyl groups is 1. The number of nitrogens with zero attached hydrogens (tertiary/aromatic N) is 3. The largest absolute Gasteiger partial charge is 0.494 e. The summed E-state index contributed by atoms with van der Waals surface area (Å²) in [5.74, 6) is -0.979. The number of nitrogens with one attached hydrogen (secondary N) is 1. The molecule has 2 aromatic heterocycles. The van der Waals surface area contributed by atoms with Gasteiger partial charge in [0.2, 0.25) is 11.7 Å². The molecule has 0 saturated carbocycles. The second-order valence-corrected chi connectivity index (χ2v) is 6.24. The number of aromatic nitrogens is 3. The molecule has 0 aliphatic heterocycles. The number of hydrogen-bond donors (Lipinski definition) is 2. The third kappa shape index (κ3) is 3.13. The molecule has 8 heteroatoms. The van der Waals surface area contributed by atoms with Crippen LogP contribution in [0.3, 0.4) is 0 Å². The van der Waals surface area contributed by atoms with Crippen LogP contribution < -0.4 is 5.32 Å². The summed E-state index contributed by atoms with van der Waals surface area (Å²) in [6.45, 7) is 4.10. The average molecular weight is 373 g/mol. The van der Waals surface area contributed by atoms with Gasteiger partial charge in [-0.15, -0.1) is 0 Å². The van der Waals surface area contributed by atoms with Crippen LogP contribution in [0, 0.1) is 6.92 Å². The van der Waals surface area contributed by atoms with Gasteiger partial charge in [-0.2, -0.15) is 0 Å². The first-order valence-electron chi connectivity index (χ1n) is 8.08. The third-order valence-electron chi connectivity index (χ3n) is 3.88. The van der Waals surface area contributed by atoms with Crippen LogP contribution in [0.25, 0.3) is 10.9 Å². The normalized spacial score (nSPS) is 10.9. The minimum absolute atomic E-state index is 0.0125. The zero-order chi connectivity index (χ0) is 18.8. The number of hydrogen-bond acceptors (Lipinski definition) is 5. The monoisotopic (exact) mass is 372 g/mol. The van der Waals surface area contributed by atoms with E-state index in [1.165, 1.54) is 18.5 Å². The van der Waals surface area contributed by atoms with Crippen LogP contribution in [0.2, 0.25) is 5.02 Å². The smallest absolute Gasteiger partial charge is 0.328 e. The Morgan fingerprint density at radius 1 is 1.27 bits per heavy atom. The molecule has 0 atom stereocenters. The van der Waals surface area contributed by atoms with Crippen molar-refractivity contribution < 1.29 is 14.7 Å². The molecule has 1 aromatic carbocycles. The molecule has 0 fully saturated rings. The maximum atomic E-state index is 12.9. The fourth-order valence-corrected chi connectivity index (χ4v) is 2.79. The van der Waals surface area contributed by atoms with E-state index in [9.17, 15) is 14.7 Å². The maximum absolute atomic E-state index is 12.9. The highest BCUT2D eigenvalue weighted by atomic mass is 35.5. The minimum atomic E-state index is -0.536. The van der Waals surface area contributed by atoms with Crippen molar-refractivity contribution in [3.63, 3.8) is 0 Å². The molecule has 2 heterocycles. The van der Waals surface area contributed by atoms with Crippen LogP contribution in [-0.2, 0) is 0 Å². The van der Waals surface area contributed by atoms with Crippen molar-refractivity contribution in [3.8, 4) is 5.88 Å². The van der Waals surface area contributed by atoms with E-state index >= 15 is 0 Å². The Bertz CT molecular complexity index is 996. The molecule has 0 radical (unpaired) electrons. The first-order valence-corrected chi connectivity index (χ1v) is 8.46. The Labute approximate surface area is 154 Å². The Kier molecular flexibility index (Phi) is 4.90. The summed E-state index contributed by atoms with van der Waals surface area (Å²) >= 11 is 6.04. The lowest BCUT2D eigenvalue weighted by Crippen LogP contribution is -2.28. The number of rotatable bonds is 4. The zero-order valence-corrected chi connectivity index (χ0v) is 15.0. The Hall–Kier alpha value is -2.93. The van der Waals surface area contributed by atoms with E-state index in [0.717, 1.165) is 11.0 Å². The van der Waals surface area contributed by atoms with Crippen molar-refractivity contribution in [1.82, 2.24) is 19.9 Å². The topological polar surface area (TPSA) is 97.1 Å². The van der Waals surface area contributed by atoms with Crippen LogP contribution in [-0.4, -0.2) is 38.0 Å². The van der Waals surface area contributed by atoms with Crippen molar-refractivity contribution in [2.75, 3.05) is 6.54 Å². The number of benzene rings is 1. The van der Waals surface area contributed by atoms with Crippen molar-refractivity contribution >= 4 is 34.3 Å². The Morgan fingerprint density at radius 3 is 2.69 bits per heavy atom. The fraction of sp³-hybridized carbons (Fsp3) is 0.222. The van der Waals surface area contributed by atoms with Gasteiger partial charge >= 0.3 is 6.03 Å². The van der Waals surface area contributed by atoms with E-state index in [2.05, 4.69) is 15.3 Å². The van der Waals surface area contributed by atoms with Gasteiger partial charge in [0.25, 0.3) is 0 Å². The summed E-state index contributed by atoms with van der Waals surface area (Å²) in [6.07, 6.45) is 3.54. The first kappa shape index (κ1) is 17.9. The van der Waals surface area contributed by atoms with Crippen molar-refractivity contribution in [2.45, 2.75) is 20.3 Å². The van der Waals surface area contributed by atoms with E-state index in [4.69, 9.17) is 11.6 Å². The summed E-state index contributed by atoms with van der Waals surface area (Å²) < 4.78 is 1.05. The fourth-order valence-electron chi connectivity index (χ4n) is 2.63. The van der Waals surface area contributed by atoms with Crippen molar-refractivity contribution in [1.29, 1.82) is 0 Å². The number of aryl methyl sites for hydroxylation is 1. The molecule has 0 unspecified atom stereocenters. The number of amides is 1. The van der Waals surface area contributed by atoms with Gasteiger partial charge < -0.3 is 10.4 Å². The van der Waals surface area contributed by atoms with Gasteiger partial charge in [-0.1, -0.05) is 24.6 Å². The lowest BCUT2D eigenvalue weighted by Gasteiger charge is -2.07. The van der Waals surface area contributed by atoms with E-state index in [1.807, 2.05) is 6.92 Å². The number of halogens is 1. The van der Waals surface area contributed by atoms with Crippen molar-refractivity contribution in [2.24, 2.45) is 0 Å². The van der Waals surface area contributed by atoms with Crippen LogP contribution >= 0.6 is 11.6 Å². The Balaban J connectivity index is 2.19. The van der Waals surface area contributed by atoms with Crippen LogP contribution in [0.15, 0.2) is 30.6 Å². The summed E-state index contributed by atoms with van der Waals surface area (Å²) in [6, 6.07) is 4.18. The maximum Gasteiger partial charge on any atom is 0.328 e. The van der Waals surface area contributed by atoms with Gasteiger partial charge in [0.05, 0.1) is 23.0 Å². The molecule has 0 aliphatic carbocycles. The van der Waals surface area contributed by atoms with E-state index in [1.54, 1.807) is 19.1 Å². The molecule has 134 valence electrons. The first-order chi connectivity index (χ1) is 12.4. The summed E-state index contributed by atoms with van der Waals surface area (Å²) in [5.41, 5.74) is 1.07. The molecular weight excluding hydrogens is 356 g/mol. The molecule has 0 bridgehead atoms. The van der Waals surface area contributed by atoms with Gasteiger partial charge in [0, 0.05) is 23.2 Å². The molecule has 1 amide bonds. The predicted molar refractivity (Wildman–Crippen MR) is 97.9 cm³/mol. The van der Waals surface area contributed by atoms with Gasteiger partial charge in [-0.25, -0.2) is 14.3 Å². The molecular formula is C18H17ClN4O3. The van der Waals surface area contributed by atoms with Gasteiger partial charge in [0.1, 0.15) is 5.69 Å². The molecule has 26 heavy (non-hydrogen) atoms. The van der Waals surface area contributed by atoms with Gasteiger partial charge in [-0.05, 0) is 25.5 Å². The average Bonchev–Trinajstić information content (AvgIpc) is 2.90. The second-order valence-electron chi connectivity index (χ2n) is 5.80. The molecule has 2 N–H and O–H groups in total. The van der Waals surface area contributed by atoms with E-state index < -0.39 is 17.7 Å². The van der Waals surface area contributed by atoms with Crippen molar-refractivity contribution in [3.05, 3.63) is 52.6 Å². The molecule has 7 nitrogen and oxygen atoms in total. The molecule has 3 rings (SSSR count). The lowest BCUT2D eigenvalue weighted by atomic mass is 10.1. The van der Waals surface area contributed by atoms with Crippen LogP contribution in [0.4, 0.5) is 4.79 Å². The Morgan fingerprint density at radius 2 is 2.04 bits per heavy atom. The van der Waals surface area contributed by atoms with Gasteiger partial charge in [-0.3, -0.25) is 9.78 Å². The minimum Gasteiger partial charge on any atom is -0.494 e. The number of ketones is 1. The number of carbonyl (C=O) groups excluding carboxylic acids is 2. The van der Waals surface area contributed by atoms with Crippen LogP contribution in [0.1, 0.15) is 35.1 Å².